The first kappa shape index (κ1) is 20.3. The average molecular weight is 394 g/mol. The zero-order chi connectivity index (χ0) is 21.0. The maximum atomic E-state index is 5.42. The molecule has 152 valence electrons. The van der Waals surface area contributed by atoms with E-state index in [1.54, 1.807) is 21.3 Å². The summed E-state index contributed by atoms with van der Waals surface area (Å²) in [5.74, 6) is 2.85. The van der Waals surface area contributed by atoms with Gasteiger partial charge in [-0.2, -0.15) is 4.98 Å². The molecule has 0 bridgehead atoms. The minimum atomic E-state index is 0.525. The molecular formula is C22H26N4O3. The van der Waals surface area contributed by atoms with Gasteiger partial charge in [0.2, 0.25) is 11.7 Å². The molecule has 0 aliphatic carbocycles. The van der Waals surface area contributed by atoms with E-state index in [2.05, 4.69) is 46.6 Å². The summed E-state index contributed by atoms with van der Waals surface area (Å²) in [6.07, 6.45) is 0. The van der Waals surface area contributed by atoms with Crippen molar-refractivity contribution in [1.29, 1.82) is 0 Å². The zero-order valence-electron chi connectivity index (χ0n) is 17.6. The summed E-state index contributed by atoms with van der Waals surface area (Å²) in [5, 5.41) is 6.63. The number of aryl methyl sites for hydroxylation is 3. The van der Waals surface area contributed by atoms with Gasteiger partial charge in [0.05, 0.1) is 21.3 Å². The van der Waals surface area contributed by atoms with E-state index < -0.39 is 0 Å². The van der Waals surface area contributed by atoms with E-state index in [0.29, 0.717) is 29.0 Å². The molecule has 0 saturated carbocycles. The molecule has 0 spiro atoms. The third-order valence-corrected chi connectivity index (χ3v) is 4.51. The lowest BCUT2D eigenvalue weighted by atomic mass is 10.1. The molecule has 0 aliphatic heterocycles. The molecule has 0 aliphatic rings. The third-order valence-electron chi connectivity index (χ3n) is 4.51. The van der Waals surface area contributed by atoms with Gasteiger partial charge in [0.15, 0.2) is 11.5 Å². The number of rotatable bonds is 7. The second-order valence-corrected chi connectivity index (χ2v) is 6.65. The lowest BCUT2D eigenvalue weighted by Gasteiger charge is -2.16. The summed E-state index contributed by atoms with van der Waals surface area (Å²) in [4.78, 5) is 9.13. The number of ether oxygens (including phenoxy) is 3. The van der Waals surface area contributed by atoms with Gasteiger partial charge in [-0.1, -0.05) is 18.2 Å². The smallest absolute Gasteiger partial charge is 0.229 e. The van der Waals surface area contributed by atoms with Gasteiger partial charge in [-0.3, -0.25) is 0 Å². The Morgan fingerprint density at radius 3 is 1.93 bits per heavy atom. The van der Waals surface area contributed by atoms with Crippen LogP contribution in [0.4, 0.5) is 23.1 Å². The predicted octanol–water partition coefficient (Wildman–Crippen LogP) is 4.91. The van der Waals surface area contributed by atoms with Crippen molar-refractivity contribution in [1.82, 2.24) is 9.97 Å². The van der Waals surface area contributed by atoms with Crippen molar-refractivity contribution in [3.05, 3.63) is 53.2 Å². The van der Waals surface area contributed by atoms with Crippen LogP contribution in [-0.2, 0) is 0 Å². The van der Waals surface area contributed by atoms with Crippen LogP contribution in [-0.4, -0.2) is 31.3 Å². The summed E-state index contributed by atoms with van der Waals surface area (Å²) in [6, 6.07) is 11.7. The summed E-state index contributed by atoms with van der Waals surface area (Å²) in [6.45, 7) is 6.04. The van der Waals surface area contributed by atoms with E-state index in [4.69, 9.17) is 14.2 Å². The summed E-state index contributed by atoms with van der Waals surface area (Å²) < 4.78 is 16.2. The number of hydrogen-bond acceptors (Lipinski definition) is 7. The first-order valence-electron chi connectivity index (χ1n) is 9.21. The van der Waals surface area contributed by atoms with Gasteiger partial charge in [-0.15, -0.1) is 0 Å². The molecule has 3 rings (SSSR count). The van der Waals surface area contributed by atoms with Crippen LogP contribution < -0.4 is 24.8 Å². The molecule has 3 aromatic rings. The standard InChI is InChI=1S/C22H26N4O3/c1-13-8-7-9-14(2)20(13)26-22-23-15(3)10-19(25-22)24-16-11-17(27-4)21(29-6)18(12-16)28-5/h7-12H,1-6H3,(H2,23,24,25,26). The van der Waals surface area contributed by atoms with Crippen LogP contribution in [0.2, 0.25) is 0 Å². The van der Waals surface area contributed by atoms with Gasteiger partial charge in [0.25, 0.3) is 0 Å². The molecule has 1 heterocycles. The van der Waals surface area contributed by atoms with Gasteiger partial charge in [-0.05, 0) is 31.9 Å². The van der Waals surface area contributed by atoms with Gasteiger partial charge in [0.1, 0.15) is 5.82 Å². The Bertz CT molecular complexity index is 976. The van der Waals surface area contributed by atoms with Crippen molar-refractivity contribution in [3.63, 3.8) is 0 Å². The summed E-state index contributed by atoms with van der Waals surface area (Å²) in [5.41, 5.74) is 4.87. The molecular weight excluding hydrogens is 368 g/mol. The van der Waals surface area contributed by atoms with E-state index >= 15 is 0 Å². The number of methoxy groups -OCH3 is 3. The van der Waals surface area contributed by atoms with Gasteiger partial charge >= 0.3 is 0 Å². The first-order chi connectivity index (χ1) is 13.9. The van der Waals surface area contributed by atoms with Crippen molar-refractivity contribution >= 4 is 23.1 Å². The number of aromatic nitrogens is 2. The Morgan fingerprint density at radius 1 is 0.759 bits per heavy atom. The molecule has 1 aromatic heterocycles. The molecule has 0 fully saturated rings. The molecule has 2 N–H and O–H groups in total. The Hall–Kier alpha value is -3.48. The molecule has 29 heavy (non-hydrogen) atoms. The number of nitrogens with zero attached hydrogens (tertiary/aromatic N) is 2. The van der Waals surface area contributed by atoms with Gasteiger partial charge in [-0.25, -0.2) is 4.98 Å². The minimum absolute atomic E-state index is 0.525. The highest BCUT2D eigenvalue weighted by molar-refractivity contribution is 5.68. The molecule has 0 radical (unpaired) electrons. The number of anilines is 4. The highest BCUT2D eigenvalue weighted by atomic mass is 16.5. The van der Waals surface area contributed by atoms with Crippen LogP contribution in [0.5, 0.6) is 17.2 Å². The molecule has 2 aromatic carbocycles. The van der Waals surface area contributed by atoms with Crippen molar-refractivity contribution in [2.24, 2.45) is 0 Å². The maximum Gasteiger partial charge on any atom is 0.229 e. The van der Waals surface area contributed by atoms with Crippen LogP contribution in [0.3, 0.4) is 0 Å². The fourth-order valence-corrected chi connectivity index (χ4v) is 3.11. The Morgan fingerprint density at radius 2 is 1.38 bits per heavy atom. The number of nitrogens with one attached hydrogen (secondary N) is 2. The summed E-state index contributed by atoms with van der Waals surface area (Å²) >= 11 is 0. The molecule has 7 heteroatoms. The quantitative estimate of drug-likeness (QED) is 0.589. The zero-order valence-corrected chi connectivity index (χ0v) is 17.6. The van der Waals surface area contributed by atoms with Crippen molar-refractivity contribution < 1.29 is 14.2 Å². The fraction of sp³-hybridized carbons (Fsp3) is 0.273. The van der Waals surface area contributed by atoms with Crippen LogP contribution in [0.25, 0.3) is 0 Å². The highest BCUT2D eigenvalue weighted by Gasteiger charge is 2.14. The Balaban J connectivity index is 1.93. The molecule has 0 unspecified atom stereocenters. The normalized spacial score (nSPS) is 10.4. The van der Waals surface area contributed by atoms with Gasteiger partial charge < -0.3 is 24.8 Å². The minimum Gasteiger partial charge on any atom is -0.493 e. The summed E-state index contributed by atoms with van der Waals surface area (Å²) in [7, 11) is 4.75. The van der Waals surface area contributed by atoms with E-state index in [1.165, 1.54) is 0 Å². The van der Waals surface area contributed by atoms with E-state index in [-0.39, 0.29) is 0 Å². The van der Waals surface area contributed by atoms with Crippen molar-refractivity contribution in [2.75, 3.05) is 32.0 Å². The topological polar surface area (TPSA) is 77.5 Å². The number of para-hydroxylation sites is 1. The molecule has 0 atom stereocenters. The van der Waals surface area contributed by atoms with Gasteiger partial charge in [0, 0.05) is 35.3 Å². The lowest BCUT2D eigenvalue weighted by molar-refractivity contribution is 0.324. The van der Waals surface area contributed by atoms with Crippen molar-refractivity contribution in [3.8, 4) is 17.2 Å². The van der Waals surface area contributed by atoms with Crippen molar-refractivity contribution in [2.45, 2.75) is 20.8 Å². The van der Waals surface area contributed by atoms with Crippen LogP contribution in [0.15, 0.2) is 36.4 Å². The maximum absolute atomic E-state index is 5.42. The van der Waals surface area contributed by atoms with E-state index in [1.807, 2.05) is 31.2 Å². The average Bonchev–Trinajstić information content (AvgIpc) is 2.69. The first-order valence-corrected chi connectivity index (χ1v) is 9.21. The molecule has 7 nitrogen and oxygen atoms in total. The number of benzene rings is 2. The lowest BCUT2D eigenvalue weighted by Crippen LogP contribution is -2.04. The van der Waals surface area contributed by atoms with Crippen LogP contribution in [0, 0.1) is 20.8 Å². The Kier molecular flexibility index (Phi) is 6.07. The van der Waals surface area contributed by atoms with E-state index in [0.717, 1.165) is 28.2 Å². The largest absolute Gasteiger partial charge is 0.493 e. The molecule has 0 saturated heterocycles. The van der Waals surface area contributed by atoms with Crippen LogP contribution in [0.1, 0.15) is 16.8 Å². The SMILES string of the molecule is COc1cc(Nc2cc(C)nc(Nc3c(C)cccc3C)n2)cc(OC)c1OC. The van der Waals surface area contributed by atoms with Crippen LogP contribution >= 0.6 is 0 Å². The highest BCUT2D eigenvalue weighted by Crippen LogP contribution is 2.40. The fourth-order valence-electron chi connectivity index (χ4n) is 3.11. The second-order valence-electron chi connectivity index (χ2n) is 6.65. The monoisotopic (exact) mass is 394 g/mol. The molecule has 0 amide bonds. The third kappa shape index (κ3) is 4.51. The Labute approximate surface area is 171 Å². The van der Waals surface area contributed by atoms with E-state index in [9.17, 15) is 0 Å². The number of hydrogen-bond donors (Lipinski definition) is 2. The second kappa shape index (κ2) is 8.68. The predicted molar refractivity (Wildman–Crippen MR) is 115 cm³/mol.